The van der Waals surface area contributed by atoms with Gasteiger partial charge in [-0.1, -0.05) is 13.8 Å². The first kappa shape index (κ1) is 13.4. The summed E-state index contributed by atoms with van der Waals surface area (Å²) in [6.45, 7) is 5.27. The van der Waals surface area contributed by atoms with Crippen LogP contribution < -0.4 is 0 Å². The van der Waals surface area contributed by atoms with Crippen molar-refractivity contribution in [1.29, 1.82) is 0 Å². The summed E-state index contributed by atoms with van der Waals surface area (Å²) in [5, 5.41) is 8.69. The van der Waals surface area contributed by atoms with Crippen molar-refractivity contribution in [3.63, 3.8) is 0 Å². The van der Waals surface area contributed by atoms with E-state index in [1.807, 2.05) is 13.8 Å². The highest BCUT2D eigenvalue weighted by atomic mass is 16.4. The van der Waals surface area contributed by atoms with Gasteiger partial charge in [0.25, 0.3) is 0 Å². The van der Waals surface area contributed by atoms with Crippen molar-refractivity contribution in [3.8, 4) is 0 Å². The number of ketones is 1. The number of aromatic nitrogens is 2. The summed E-state index contributed by atoms with van der Waals surface area (Å²) in [5.74, 6) is -2.41. The highest BCUT2D eigenvalue weighted by molar-refractivity contribution is 5.97. The quantitative estimate of drug-likeness (QED) is 0.736. The zero-order valence-electron chi connectivity index (χ0n) is 9.15. The third kappa shape index (κ3) is 4.39. The number of carboxylic acid groups (broad SMARTS) is 1. The molecule has 0 bridgehead atoms. The second kappa shape index (κ2) is 6.75. The Kier molecular flexibility index (Phi) is 6.01. The van der Waals surface area contributed by atoms with E-state index in [4.69, 9.17) is 5.11 Å². The standard InChI is InChI=1S/C8H10N2O3.C2H6/c1-5(11)7(8(12)13)2-6-3-9-4-10-6;1-2/h3-4,7H,2H2,1H3,(H,9,10)(H,12,13);1-2H3/t7-;/m0./s1. The Balaban J connectivity index is 0.000000921. The summed E-state index contributed by atoms with van der Waals surface area (Å²) < 4.78 is 0. The van der Waals surface area contributed by atoms with Gasteiger partial charge in [0.2, 0.25) is 0 Å². The maximum Gasteiger partial charge on any atom is 0.314 e. The summed E-state index contributed by atoms with van der Waals surface area (Å²) in [4.78, 5) is 28.0. The molecule has 0 spiro atoms. The van der Waals surface area contributed by atoms with Crippen molar-refractivity contribution in [2.24, 2.45) is 5.92 Å². The van der Waals surface area contributed by atoms with E-state index in [-0.39, 0.29) is 12.2 Å². The van der Waals surface area contributed by atoms with Crippen LogP contribution in [0.25, 0.3) is 0 Å². The van der Waals surface area contributed by atoms with Gasteiger partial charge in [-0.3, -0.25) is 9.59 Å². The van der Waals surface area contributed by atoms with Crippen LogP contribution in [-0.2, 0) is 16.0 Å². The number of carbonyl (C=O) groups is 2. The summed E-state index contributed by atoms with van der Waals surface area (Å²) in [6, 6.07) is 0. The molecule has 0 saturated carbocycles. The Bertz CT molecular complexity index is 292. The molecule has 0 amide bonds. The molecule has 1 aromatic heterocycles. The predicted molar refractivity (Wildman–Crippen MR) is 55.4 cm³/mol. The molecule has 1 heterocycles. The molecular weight excluding hydrogens is 196 g/mol. The van der Waals surface area contributed by atoms with E-state index < -0.39 is 11.9 Å². The number of rotatable bonds is 4. The molecule has 0 aliphatic rings. The molecule has 5 heteroatoms. The Morgan fingerprint density at radius 1 is 1.53 bits per heavy atom. The number of aromatic amines is 1. The van der Waals surface area contributed by atoms with Crippen molar-refractivity contribution < 1.29 is 14.7 Å². The number of carbonyl (C=O) groups excluding carboxylic acids is 1. The Hall–Kier alpha value is -1.65. The van der Waals surface area contributed by atoms with Gasteiger partial charge in [-0.15, -0.1) is 0 Å². The number of Topliss-reactive ketones (excluding diaryl/α,β-unsaturated/α-hetero) is 1. The average Bonchev–Trinajstić information content (AvgIpc) is 2.68. The predicted octanol–water partition coefficient (Wildman–Crippen LogP) is 1.27. The topological polar surface area (TPSA) is 83.0 Å². The fraction of sp³-hybridized carbons (Fsp3) is 0.500. The van der Waals surface area contributed by atoms with Crippen LogP contribution in [-0.4, -0.2) is 26.8 Å². The number of hydrogen-bond donors (Lipinski definition) is 2. The Morgan fingerprint density at radius 2 is 2.13 bits per heavy atom. The van der Waals surface area contributed by atoms with Crippen LogP contribution in [0.2, 0.25) is 0 Å². The lowest BCUT2D eigenvalue weighted by atomic mass is 10.00. The highest BCUT2D eigenvalue weighted by Gasteiger charge is 2.23. The van der Waals surface area contributed by atoms with Crippen LogP contribution in [0.4, 0.5) is 0 Å². The fourth-order valence-corrected chi connectivity index (χ4v) is 1.02. The highest BCUT2D eigenvalue weighted by Crippen LogP contribution is 2.07. The van der Waals surface area contributed by atoms with Gasteiger partial charge in [0.15, 0.2) is 0 Å². The molecule has 0 fully saturated rings. The number of hydrogen-bond acceptors (Lipinski definition) is 3. The monoisotopic (exact) mass is 212 g/mol. The van der Waals surface area contributed by atoms with Crippen LogP contribution in [0, 0.1) is 5.92 Å². The van der Waals surface area contributed by atoms with Gasteiger partial charge in [0, 0.05) is 18.3 Å². The van der Waals surface area contributed by atoms with Crippen molar-refractivity contribution in [2.75, 3.05) is 0 Å². The second-order valence-electron chi connectivity index (χ2n) is 2.78. The van der Waals surface area contributed by atoms with Crippen LogP contribution in [0.15, 0.2) is 12.5 Å². The maximum atomic E-state index is 10.9. The zero-order chi connectivity index (χ0) is 11.8. The van der Waals surface area contributed by atoms with Gasteiger partial charge < -0.3 is 10.1 Å². The van der Waals surface area contributed by atoms with E-state index in [0.29, 0.717) is 5.69 Å². The third-order valence-corrected chi connectivity index (χ3v) is 1.77. The number of aliphatic carboxylic acids is 1. The summed E-state index contributed by atoms with van der Waals surface area (Å²) in [7, 11) is 0. The Labute approximate surface area is 88.5 Å². The minimum atomic E-state index is -1.10. The molecule has 15 heavy (non-hydrogen) atoms. The van der Waals surface area contributed by atoms with Crippen molar-refractivity contribution in [1.82, 2.24) is 9.97 Å². The second-order valence-corrected chi connectivity index (χ2v) is 2.78. The van der Waals surface area contributed by atoms with Crippen molar-refractivity contribution >= 4 is 11.8 Å². The average molecular weight is 212 g/mol. The first-order valence-electron chi connectivity index (χ1n) is 4.81. The van der Waals surface area contributed by atoms with Crippen molar-refractivity contribution in [3.05, 3.63) is 18.2 Å². The zero-order valence-corrected chi connectivity index (χ0v) is 9.15. The van der Waals surface area contributed by atoms with Gasteiger partial charge in [-0.05, 0) is 6.92 Å². The van der Waals surface area contributed by atoms with Crippen molar-refractivity contribution in [2.45, 2.75) is 27.2 Å². The molecule has 0 unspecified atom stereocenters. The van der Waals surface area contributed by atoms with E-state index in [0.717, 1.165) is 0 Å². The minimum absolute atomic E-state index is 0.171. The van der Waals surface area contributed by atoms with E-state index >= 15 is 0 Å². The number of nitrogens with one attached hydrogen (secondary N) is 1. The number of nitrogens with zero attached hydrogens (tertiary/aromatic N) is 1. The molecule has 1 atom stereocenters. The molecule has 0 aliphatic heterocycles. The summed E-state index contributed by atoms with van der Waals surface area (Å²) in [5.41, 5.74) is 0.655. The van der Waals surface area contributed by atoms with Crippen LogP contribution in [0.1, 0.15) is 26.5 Å². The largest absolute Gasteiger partial charge is 0.481 e. The van der Waals surface area contributed by atoms with Crippen LogP contribution >= 0.6 is 0 Å². The molecule has 84 valence electrons. The molecule has 0 aliphatic carbocycles. The molecular formula is C10H16N2O3. The maximum absolute atomic E-state index is 10.9. The lowest BCUT2D eigenvalue weighted by Gasteiger charge is -2.05. The third-order valence-electron chi connectivity index (χ3n) is 1.77. The molecule has 5 nitrogen and oxygen atoms in total. The first-order valence-corrected chi connectivity index (χ1v) is 4.81. The summed E-state index contributed by atoms with van der Waals surface area (Å²) >= 11 is 0. The van der Waals surface area contributed by atoms with Gasteiger partial charge in [0.05, 0.1) is 6.33 Å². The molecule has 2 N–H and O–H groups in total. The molecule has 1 aromatic rings. The van der Waals surface area contributed by atoms with Gasteiger partial charge in [-0.2, -0.15) is 0 Å². The summed E-state index contributed by atoms with van der Waals surface area (Å²) in [6.07, 6.45) is 3.14. The smallest absolute Gasteiger partial charge is 0.314 e. The first-order chi connectivity index (χ1) is 7.11. The van der Waals surface area contributed by atoms with E-state index in [1.54, 1.807) is 0 Å². The number of carboxylic acids is 1. The molecule has 0 saturated heterocycles. The van der Waals surface area contributed by atoms with Crippen LogP contribution in [0.5, 0.6) is 0 Å². The SMILES string of the molecule is CC.CC(=O)[C@H](Cc1cnc[nH]1)C(=O)O. The van der Waals surface area contributed by atoms with E-state index in [2.05, 4.69) is 9.97 Å². The fourth-order valence-electron chi connectivity index (χ4n) is 1.02. The van der Waals surface area contributed by atoms with Gasteiger partial charge in [0.1, 0.15) is 11.7 Å². The van der Waals surface area contributed by atoms with Gasteiger partial charge >= 0.3 is 5.97 Å². The van der Waals surface area contributed by atoms with Gasteiger partial charge in [-0.25, -0.2) is 4.98 Å². The normalized spacial score (nSPS) is 11.1. The lowest BCUT2D eigenvalue weighted by molar-refractivity contribution is -0.145. The van der Waals surface area contributed by atoms with E-state index in [9.17, 15) is 9.59 Å². The minimum Gasteiger partial charge on any atom is -0.481 e. The Morgan fingerprint density at radius 3 is 2.47 bits per heavy atom. The molecule has 0 aromatic carbocycles. The van der Waals surface area contributed by atoms with Crippen LogP contribution in [0.3, 0.4) is 0 Å². The number of H-pyrrole nitrogens is 1. The lowest BCUT2D eigenvalue weighted by Crippen LogP contribution is -2.23. The molecule has 0 radical (unpaired) electrons. The number of imidazole rings is 1. The molecule has 1 rings (SSSR count). The van der Waals surface area contributed by atoms with E-state index in [1.165, 1.54) is 19.4 Å².